The Labute approximate surface area is 140 Å². The molecule has 0 fully saturated rings. The molecule has 1 aromatic heterocycles. The lowest BCUT2D eigenvalue weighted by atomic mass is 10.3. The Morgan fingerprint density at radius 2 is 2.00 bits per heavy atom. The first kappa shape index (κ1) is 17.5. The second kappa shape index (κ2) is 8.09. The van der Waals surface area contributed by atoms with E-state index < -0.39 is 4.92 Å². The smallest absolute Gasteiger partial charge is 0.342 e. The molecule has 2 rings (SSSR count). The van der Waals surface area contributed by atoms with E-state index in [-0.39, 0.29) is 12.4 Å². The maximum absolute atomic E-state index is 10.8. The molecule has 2 aromatic rings. The van der Waals surface area contributed by atoms with Crippen molar-refractivity contribution in [1.82, 2.24) is 14.5 Å². The number of nitro groups is 1. The second-order valence-electron chi connectivity index (χ2n) is 5.10. The van der Waals surface area contributed by atoms with Crippen LogP contribution in [0.4, 0.5) is 11.5 Å². The Balaban J connectivity index is 1.96. The van der Waals surface area contributed by atoms with Crippen LogP contribution < -0.4 is 4.74 Å². The lowest BCUT2D eigenvalue weighted by molar-refractivity contribution is -0.391. The largest absolute Gasteiger partial charge is 0.483 e. The van der Waals surface area contributed by atoms with Gasteiger partial charge < -0.3 is 19.8 Å². The first-order chi connectivity index (χ1) is 11.5. The molecule has 0 saturated heterocycles. The maximum atomic E-state index is 10.8. The first-order valence-electron chi connectivity index (χ1n) is 7.71. The number of rotatable bonds is 8. The highest BCUT2D eigenvalue weighted by Gasteiger charge is 2.16. The predicted octanol–water partition coefficient (Wildman–Crippen LogP) is 2.91. The van der Waals surface area contributed by atoms with Gasteiger partial charge in [-0.15, -0.1) is 0 Å². The van der Waals surface area contributed by atoms with E-state index in [1.54, 1.807) is 7.05 Å². The average molecular weight is 331 g/mol. The molecule has 0 amide bonds. The average Bonchev–Trinajstić information content (AvgIpc) is 2.96. The standard InChI is InChI=1S/C16H21N5O3/c1-4-20(5-2)12-18-13-6-8-14(9-7-13)24-11-15-17-10-16(19(15)3)21(22)23/h6-10,12H,4-5,11H2,1-3H3. The van der Waals surface area contributed by atoms with Crippen molar-refractivity contribution in [2.45, 2.75) is 20.5 Å². The monoisotopic (exact) mass is 331 g/mol. The summed E-state index contributed by atoms with van der Waals surface area (Å²) in [5, 5.41) is 10.8. The van der Waals surface area contributed by atoms with E-state index in [0.717, 1.165) is 18.8 Å². The predicted molar refractivity (Wildman–Crippen MR) is 91.7 cm³/mol. The van der Waals surface area contributed by atoms with Crippen LogP contribution in [0.15, 0.2) is 35.5 Å². The Morgan fingerprint density at radius 1 is 1.33 bits per heavy atom. The molecule has 8 heteroatoms. The number of ether oxygens (including phenoxy) is 1. The molecule has 1 aromatic carbocycles. The zero-order valence-corrected chi connectivity index (χ0v) is 14.0. The number of nitrogens with zero attached hydrogens (tertiary/aromatic N) is 5. The molecule has 24 heavy (non-hydrogen) atoms. The van der Waals surface area contributed by atoms with E-state index in [2.05, 4.69) is 28.7 Å². The summed E-state index contributed by atoms with van der Waals surface area (Å²) in [7, 11) is 1.59. The van der Waals surface area contributed by atoms with Gasteiger partial charge in [0.05, 0.1) is 19.1 Å². The zero-order valence-electron chi connectivity index (χ0n) is 14.0. The van der Waals surface area contributed by atoms with Crippen LogP contribution in [0.3, 0.4) is 0 Å². The van der Waals surface area contributed by atoms with Crippen molar-refractivity contribution in [2.24, 2.45) is 12.0 Å². The van der Waals surface area contributed by atoms with Crippen molar-refractivity contribution in [3.8, 4) is 5.75 Å². The fourth-order valence-electron chi connectivity index (χ4n) is 2.05. The Bertz CT molecular complexity index is 705. The van der Waals surface area contributed by atoms with Gasteiger partial charge in [-0.3, -0.25) is 0 Å². The number of imidazole rings is 1. The third-order valence-electron chi connectivity index (χ3n) is 3.63. The number of aromatic nitrogens is 2. The van der Waals surface area contributed by atoms with Crippen molar-refractivity contribution >= 4 is 17.8 Å². The van der Waals surface area contributed by atoms with E-state index in [1.165, 1.54) is 10.8 Å². The molecule has 8 nitrogen and oxygen atoms in total. The van der Waals surface area contributed by atoms with Crippen LogP contribution >= 0.6 is 0 Å². The van der Waals surface area contributed by atoms with Crippen LogP contribution in [0.2, 0.25) is 0 Å². The summed E-state index contributed by atoms with van der Waals surface area (Å²) in [6.45, 7) is 6.14. The van der Waals surface area contributed by atoms with E-state index in [1.807, 2.05) is 30.6 Å². The molecule has 0 radical (unpaired) electrons. The first-order valence-corrected chi connectivity index (χ1v) is 7.71. The van der Waals surface area contributed by atoms with E-state index in [0.29, 0.717) is 11.6 Å². The molecule has 0 aliphatic carbocycles. The summed E-state index contributed by atoms with van der Waals surface area (Å²) in [5.41, 5.74) is 0.835. The Hall–Kier alpha value is -2.90. The lowest BCUT2D eigenvalue weighted by Crippen LogP contribution is -2.20. The van der Waals surface area contributed by atoms with Crippen molar-refractivity contribution in [1.29, 1.82) is 0 Å². The molecule has 0 N–H and O–H groups in total. The molecule has 0 spiro atoms. The molecule has 128 valence electrons. The summed E-state index contributed by atoms with van der Waals surface area (Å²) in [6, 6.07) is 7.34. The molecule has 0 aliphatic rings. The molecule has 0 aliphatic heterocycles. The summed E-state index contributed by atoms with van der Waals surface area (Å²) in [5.74, 6) is 1.09. The van der Waals surface area contributed by atoms with Gasteiger partial charge in [0.1, 0.15) is 11.9 Å². The molecular formula is C16H21N5O3. The number of hydrogen-bond acceptors (Lipinski definition) is 5. The SMILES string of the molecule is CCN(C=Nc1ccc(OCc2ncc([N+](=O)[O-])n2C)cc1)CC. The van der Waals surface area contributed by atoms with Gasteiger partial charge in [0, 0.05) is 13.1 Å². The topological polar surface area (TPSA) is 85.8 Å². The molecular weight excluding hydrogens is 310 g/mol. The van der Waals surface area contributed by atoms with Gasteiger partial charge in [0.15, 0.2) is 6.61 Å². The van der Waals surface area contributed by atoms with E-state index in [4.69, 9.17) is 4.74 Å². The highest BCUT2D eigenvalue weighted by molar-refractivity contribution is 5.61. The third kappa shape index (κ3) is 4.31. The number of benzene rings is 1. The summed E-state index contributed by atoms with van der Waals surface area (Å²) in [4.78, 5) is 20.8. The van der Waals surface area contributed by atoms with Gasteiger partial charge in [0.2, 0.25) is 5.82 Å². The van der Waals surface area contributed by atoms with Crippen LogP contribution in [-0.2, 0) is 13.7 Å². The highest BCUT2D eigenvalue weighted by atomic mass is 16.6. The zero-order chi connectivity index (χ0) is 17.5. The van der Waals surface area contributed by atoms with Crippen LogP contribution in [0.1, 0.15) is 19.7 Å². The van der Waals surface area contributed by atoms with Crippen LogP contribution in [0.25, 0.3) is 0 Å². The van der Waals surface area contributed by atoms with E-state index in [9.17, 15) is 10.1 Å². The van der Waals surface area contributed by atoms with Gasteiger partial charge >= 0.3 is 5.82 Å². The molecule has 0 saturated carbocycles. The highest BCUT2D eigenvalue weighted by Crippen LogP contribution is 2.19. The van der Waals surface area contributed by atoms with Crippen LogP contribution in [0, 0.1) is 10.1 Å². The summed E-state index contributed by atoms with van der Waals surface area (Å²) in [6.07, 6.45) is 3.05. The van der Waals surface area contributed by atoms with E-state index >= 15 is 0 Å². The number of aliphatic imine (C=N–C) groups is 1. The van der Waals surface area contributed by atoms with Crippen LogP contribution in [-0.4, -0.2) is 38.8 Å². The molecule has 0 unspecified atom stereocenters. The quantitative estimate of drug-likeness (QED) is 0.321. The second-order valence-corrected chi connectivity index (χ2v) is 5.10. The van der Waals surface area contributed by atoms with Gasteiger partial charge in [-0.25, -0.2) is 14.5 Å². The van der Waals surface area contributed by atoms with Crippen molar-refractivity contribution in [3.05, 3.63) is 46.4 Å². The molecule has 1 heterocycles. The third-order valence-corrected chi connectivity index (χ3v) is 3.63. The minimum absolute atomic E-state index is 0.0605. The Kier molecular flexibility index (Phi) is 5.89. The van der Waals surface area contributed by atoms with Gasteiger partial charge in [-0.2, -0.15) is 0 Å². The fourth-order valence-corrected chi connectivity index (χ4v) is 2.05. The Morgan fingerprint density at radius 3 is 2.54 bits per heavy atom. The summed E-state index contributed by atoms with van der Waals surface area (Å²) < 4.78 is 7.03. The fraction of sp³-hybridized carbons (Fsp3) is 0.375. The maximum Gasteiger partial charge on any atom is 0.342 e. The van der Waals surface area contributed by atoms with Crippen molar-refractivity contribution in [2.75, 3.05) is 13.1 Å². The lowest BCUT2D eigenvalue weighted by Gasteiger charge is -2.13. The normalized spacial score (nSPS) is 11.0. The molecule has 0 bridgehead atoms. The van der Waals surface area contributed by atoms with Crippen LogP contribution in [0.5, 0.6) is 5.75 Å². The summed E-state index contributed by atoms with van der Waals surface area (Å²) >= 11 is 0. The minimum Gasteiger partial charge on any atom is -0.483 e. The van der Waals surface area contributed by atoms with Gasteiger partial charge in [-0.05, 0) is 43.0 Å². The van der Waals surface area contributed by atoms with Crippen molar-refractivity contribution in [3.63, 3.8) is 0 Å². The number of hydrogen-bond donors (Lipinski definition) is 0. The minimum atomic E-state index is -0.473. The van der Waals surface area contributed by atoms with Crippen molar-refractivity contribution < 1.29 is 9.66 Å². The molecule has 0 atom stereocenters. The van der Waals surface area contributed by atoms with Gasteiger partial charge in [0.25, 0.3) is 0 Å². The van der Waals surface area contributed by atoms with Gasteiger partial charge in [-0.1, -0.05) is 0 Å².